The Morgan fingerprint density at radius 2 is 1.71 bits per heavy atom. The van der Waals surface area contributed by atoms with Gasteiger partial charge in [-0.15, -0.1) is 0 Å². The van der Waals surface area contributed by atoms with Crippen LogP contribution in [0.4, 0.5) is 36.8 Å². The smallest absolute Gasteiger partial charge is 0.396 e. The van der Waals surface area contributed by atoms with Crippen molar-refractivity contribution < 1.29 is 41.0 Å². The van der Waals surface area contributed by atoms with Crippen LogP contribution in [0.1, 0.15) is 23.1 Å². The van der Waals surface area contributed by atoms with Crippen LogP contribution in [0.25, 0.3) is 6.08 Å². The maximum Gasteiger partial charge on any atom is 0.418 e. The first-order chi connectivity index (χ1) is 16.4. The Bertz CT molecular complexity index is 1090. The Hall–Kier alpha value is -3.19. The molecule has 190 valence electrons. The molecule has 13 heteroatoms. The minimum Gasteiger partial charge on any atom is -0.396 e. The topological polar surface area (TPSA) is 90.5 Å². The summed E-state index contributed by atoms with van der Waals surface area (Å²) in [7, 11) is 1.36. The summed E-state index contributed by atoms with van der Waals surface area (Å²) in [5, 5.41) is 15.7. The van der Waals surface area contributed by atoms with E-state index in [1.807, 2.05) is 0 Å². The number of carbonyl (C=O) groups is 2. The number of hydrogen-bond donors (Lipinski definition) is 4. The van der Waals surface area contributed by atoms with E-state index in [1.54, 1.807) is 0 Å². The van der Waals surface area contributed by atoms with Crippen LogP contribution >= 0.6 is 11.8 Å². The number of hydrogen-bond acceptors (Lipinski definition) is 4. The zero-order valence-corrected chi connectivity index (χ0v) is 19.0. The average molecular weight is 521 g/mol. The zero-order chi connectivity index (χ0) is 26.2. The summed E-state index contributed by atoms with van der Waals surface area (Å²) >= 11 is 0.448. The number of rotatable bonds is 8. The first-order valence-corrected chi connectivity index (χ1v) is 10.8. The van der Waals surface area contributed by atoms with E-state index in [-0.39, 0.29) is 30.2 Å². The van der Waals surface area contributed by atoms with Gasteiger partial charge in [0.05, 0.1) is 11.1 Å². The molecule has 0 fully saturated rings. The van der Waals surface area contributed by atoms with Gasteiger partial charge >= 0.3 is 18.4 Å². The summed E-state index contributed by atoms with van der Waals surface area (Å²) in [6.45, 7) is -0.177. The highest BCUT2D eigenvalue weighted by atomic mass is 32.2. The number of urea groups is 1. The van der Waals surface area contributed by atoms with Crippen LogP contribution in [0.3, 0.4) is 0 Å². The molecule has 0 bridgehead atoms. The molecule has 6 nitrogen and oxygen atoms in total. The highest BCUT2D eigenvalue weighted by Gasteiger charge is 2.46. The Morgan fingerprint density at radius 1 is 1.03 bits per heavy atom. The van der Waals surface area contributed by atoms with Gasteiger partial charge in [-0.2, -0.15) is 26.3 Å². The third-order valence-corrected chi connectivity index (χ3v) is 5.41. The summed E-state index contributed by atoms with van der Waals surface area (Å²) in [6, 6.07) is 6.76. The van der Waals surface area contributed by atoms with Gasteiger partial charge in [-0.25, -0.2) is 4.79 Å². The number of anilines is 1. The molecule has 4 N–H and O–H groups in total. The lowest BCUT2D eigenvalue weighted by atomic mass is 9.99. The Morgan fingerprint density at radius 3 is 2.31 bits per heavy atom. The summed E-state index contributed by atoms with van der Waals surface area (Å²) < 4.78 is 83.3. The summed E-state index contributed by atoms with van der Waals surface area (Å²) in [5.74, 6) is -0.820. The second-order valence-electron chi connectivity index (χ2n) is 6.93. The summed E-state index contributed by atoms with van der Waals surface area (Å²) in [5.41, 5.74) is -4.41. The number of alkyl halides is 6. The zero-order valence-electron chi connectivity index (χ0n) is 18.2. The minimum atomic E-state index is -5.38. The van der Waals surface area contributed by atoms with Crippen molar-refractivity contribution in [3.63, 3.8) is 0 Å². The van der Waals surface area contributed by atoms with Crippen molar-refractivity contribution in [2.24, 2.45) is 0 Å². The van der Waals surface area contributed by atoms with Gasteiger partial charge in [-0.1, -0.05) is 23.9 Å². The van der Waals surface area contributed by atoms with Gasteiger partial charge in [-0.3, -0.25) is 4.79 Å². The Kier molecular flexibility index (Phi) is 9.60. The Labute approximate surface area is 200 Å². The monoisotopic (exact) mass is 521 g/mol. The lowest BCUT2D eigenvalue weighted by Crippen LogP contribution is -2.24. The molecule has 2 aromatic carbocycles. The van der Waals surface area contributed by atoms with Crippen LogP contribution in [0.15, 0.2) is 52.3 Å². The lowest BCUT2D eigenvalue weighted by molar-refractivity contribution is -0.163. The molecule has 0 saturated heterocycles. The highest BCUT2D eigenvalue weighted by Crippen LogP contribution is 2.48. The predicted molar refractivity (Wildman–Crippen MR) is 119 cm³/mol. The standard InChI is InChI=1S/C22H21F6N3O3S/c1-29-20(34)31-14-4-2-5-15(12-14)35-16-8-6-13(7-9-17(33)30-10-3-11-32)18(21(23,24)25)19(16)22(26,27)28/h2,4-9,12,32H,3,10-11H2,1H3,(H,30,33)(H2,29,31,34). The molecule has 0 saturated carbocycles. The third kappa shape index (κ3) is 8.21. The van der Waals surface area contributed by atoms with Gasteiger partial charge in [0.15, 0.2) is 0 Å². The minimum absolute atomic E-state index is 0.0447. The number of amides is 3. The molecule has 0 aliphatic rings. The maximum absolute atomic E-state index is 13.9. The molecule has 0 aromatic heterocycles. The average Bonchev–Trinajstić information content (AvgIpc) is 2.76. The molecule has 0 unspecified atom stereocenters. The molecule has 0 spiro atoms. The van der Waals surface area contributed by atoms with E-state index in [9.17, 15) is 35.9 Å². The first kappa shape index (κ1) is 28.1. The van der Waals surface area contributed by atoms with Gasteiger partial charge in [0.2, 0.25) is 5.91 Å². The van der Waals surface area contributed by atoms with Crippen molar-refractivity contribution in [3.05, 3.63) is 59.2 Å². The molecule has 35 heavy (non-hydrogen) atoms. The SMILES string of the molecule is CNC(=O)Nc1cccc(Sc2ccc(C=CC(=O)NCCCO)c(C(F)(F)F)c2C(F)(F)F)c1. The van der Waals surface area contributed by atoms with Crippen molar-refractivity contribution in [2.75, 3.05) is 25.5 Å². The molecular formula is C22H21F6N3O3S. The molecule has 0 radical (unpaired) electrons. The van der Waals surface area contributed by atoms with Crippen molar-refractivity contribution in [2.45, 2.75) is 28.6 Å². The van der Waals surface area contributed by atoms with Gasteiger partial charge < -0.3 is 21.1 Å². The number of benzene rings is 2. The van der Waals surface area contributed by atoms with Gasteiger partial charge in [0.25, 0.3) is 0 Å². The molecule has 2 rings (SSSR count). The molecule has 2 aromatic rings. The molecule has 0 aliphatic carbocycles. The molecule has 0 heterocycles. The van der Waals surface area contributed by atoms with E-state index in [4.69, 9.17) is 5.11 Å². The molecular weight excluding hydrogens is 500 g/mol. The predicted octanol–water partition coefficient (Wildman–Crippen LogP) is 5.14. The van der Waals surface area contributed by atoms with Crippen molar-refractivity contribution in [1.29, 1.82) is 0 Å². The van der Waals surface area contributed by atoms with E-state index in [0.717, 1.165) is 12.1 Å². The molecule has 3 amide bonds. The van der Waals surface area contributed by atoms with Gasteiger partial charge in [0.1, 0.15) is 0 Å². The second-order valence-corrected chi connectivity index (χ2v) is 8.05. The molecule has 0 atom stereocenters. The number of halogens is 6. The van der Waals surface area contributed by atoms with Gasteiger partial charge in [0, 0.05) is 41.8 Å². The van der Waals surface area contributed by atoms with Crippen LogP contribution in [0.2, 0.25) is 0 Å². The summed E-state index contributed by atoms with van der Waals surface area (Å²) in [4.78, 5) is 22.7. The van der Waals surface area contributed by atoms with Crippen molar-refractivity contribution in [3.8, 4) is 0 Å². The largest absolute Gasteiger partial charge is 0.418 e. The fraction of sp³-hybridized carbons (Fsp3) is 0.273. The normalized spacial score (nSPS) is 12.0. The van der Waals surface area contributed by atoms with E-state index in [0.29, 0.717) is 23.9 Å². The van der Waals surface area contributed by atoms with Gasteiger partial charge in [-0.05, 0) is 42.3 Å². The van der Waals surface area contributed by atoms with E-state index >= 15 is 0 Å². The lowest BCUT2D eigenvalue weighted by Gasteiger charge is -2.21. The maximum atomic E-state index is 13.9. The fourth-order valence-electron chi connectivity index (χ4n) is 2.88. The van der Waals surface area contributed by atoms with Crippen molar-refractivity contribution >= 4 is 35.5 Å². The van der Waals surface area contributed by atoms with E-state index in [2.05, 4.69) is 16.0 Å². The fourth-order valence-corrected chi connectivity index (χ4v) is 3.93. The summed E-state index contributed by atoms with van der Waals surface area (Å²) in [6.07, 6.45) is -9.18. The Balaban J connectivity index is 2.52. The number of nitrogens with one attached hydrogen (secondary N) is 3. The highest BCUT2D eigenvalue weighted by molar-refractivity contribution is 7.99. The second kappa shape index (κ2) is 12.0. The molecule has 0 aliphatic heterocycles. The van der Waals surface area contributed by atoms with Crippen LogP contribution in [-0.2, 0) is 17.1 Å². The van der Waals surface area contributed by atoms with Crippen LogP contribution in [-0.4, -0.2) is 37.2 Å². The first-order valence-electron chi connectivity index (χ1n) is 10.0. The van der Waals surface area contributed by atoms with Crippen LogP contribution < -0.4 is 16.0 Å². The van der Waals surface area contributed by atoms with Crippen LogP contribution in [0.5, 0.6) is 0 Å². The third-order valence-electron chi connectivity index (χ3n) is 4.36. The number of carbonyl (C=O) groups excluding carboxylic acids is 2. The number of aliphatic hydroxyl groups is 1. The van der Waals surface area contributed by atoms with E-state index in [1.165, 1.54) is 31.3 Å². The quantitative estimate of drug-likeness (QED) is 0.220. The van der Waals surface area contributed by atoms with Crippen molar-refractivity contribution in [1.82, 2.24) is 10.6 Å². The number of aliphatic hydroxyl groups excluding tert-OH is 1. The van der Waals surface area contributed by atoms with Crippen LogP contribution in [0, 0.1) is 0 Å². The van der Waals surface area contributed by atoms with E-state index < -0.39 is 45.9 Å².